The Labute approximate surface area is 98.2 Å². The van der Waals surface area contributed by atoms with E-state index in [0.29, 0.717) is 0 Å². The molecule has 2 fully saturated rings. The molecule has 0 saturated carbocycles. The van der Waals surface area contributed by atoms with E-state index in [1.165, 1.54) is 0 Å². The largest absolute Gasteiger partial charge is 0.488 e. The van der Waals surface area contributed by atoms with Crippen LogP contribution in [0.15, 0.2) is 0 Å². The van der Waals surface area contributed by atoms with Crippen LogP contribution in [0.2, 0.25) is 0 Å². The van der Waals surface area contributed by atoms with Gasteiger partial charge in [-0.25, -0.2) is 0 Å². The average molecular weight is 226 g/mol. The van der Waals surface area contributed by atoms with Gasteiger partial charge in [-0.3, -0.25) is 0 Å². The van der Waals surface area contributed by atoms with Gasteiger partial charge >= 0.3 is 14.0 Å². The van der Waals surface area contributed by atoms with Gasteiger partial charge in [0, 0.05) is 0 Å². The summed E-state index contributed by atoms with van der Waals surface area (Å²) in [5.74, 6) is 0. The van der Waals surface area contributed by atoms with Crippen LogP contribution in [-0.4, -0.2) is 37.4 Å². The van der Waals surface area contributed by atoms with E-state index in [1.807, 2.05) is 41.5 Å². The van der Waals surface area contributed by atoms with E-state index >= 15 is 0 Å². The van der Waals surface area contributed by atoms with Crippen molar-refractivity contribution in [3.8, 4) is 0 Å². The lowest BCUT2D eigenvalue weighted by atomic mass is 9.49. The maximum Gasteiger partial charge on any atom is 0.488 e. The third-order valence-electron chi connectivity index (χ3n) is 3.70. The topological polar surface area (TPSA) is 36.9 Å². The van der Waals surface area contributed by atoms with Crippen molar-refractivity contribution in [2.45, 2.75) is 65.0 Å². The van der Waals surface area contributed by atoms with Crippen LogP contribution in [0.4, 0.5) is 0 Å². The van der Waals surface area contributed by atoms with Gasteiger partial charge in [0.15, 0.2) is 0 Å². The minimum Gasteiger partial charge on any atom is -0.408 e. The van der Waals surface area contributed by atoms with E-state index in [9.17, 15) is 0 Å². The van der Waals surface area contributed by atoms with Crippen molar-refractivity contribution < 1.29 is 18.6 Å². The van der Waals surface area contributed by atoms with Gasteiger partial charge in [-0.15, -0.1) is 0 Å². The molecule has 0 aromatic rings. The van der Waals surface area contributed by atoms with E-state index in [2.05, 4.69) is 0 Å². The lowest BCUT2D eigenvalue weighted by Gasteiger charge is -2.22. The molecule has 0 aromatic carbocycles. The molecule has 2 atom stereocenters. The standard InChI is InChI=1S/C10H20B2O4/c1-7-9(3,4)15-11(13-7)12-14-8(2)10(5,6)16-12/h7-8H,1-6H3/t7-,8?/m1/s1. The molecule has 4 nitrogen and oxygen atoms in total. The highest BCUT2D eigenvalue weighted by molar-refractivity contribution is 7.11. The van der Waals surface area contributed by atoms with Crippen molar-refractivity contribution in [3.05, 3.63) is 0 Å². The normalized spacial score (nSPS) is 37.1. The van der Waals surface area contributed by atoms with Crippen LogP contribution in [0.1, 0.15) is 41.5 Å². The lowest BCUT2D eigenvalue weighted by Crippen LogP contribution is -2.41. The molecule has 0 spiro atoms. The minimum atomic E-state index is -0.422. The molecule has 16 heavy (non-hydrogen) atoms. The number of hydrogen-bond acceptors (Lipinski definition) is 4. The molecule has 0 bridgehead atoms. The fourth-order valence-electron chi connectivity index (χ4n) is 1.82. The molecule has 6 heteroatoms. The number of rotatable bonds is 1. The first-order valence-electron chi connectivity index (χ1n) is 5.89. The lowest BCUT2D eigenvalue weighted by molar-refractivity contribution is 0.0826. The Balaban J connectivity index is 2.02. The molecule has 2 aliphatic heterocycles. The predicted octanol–water partition coefficient (Wildman–Crippen LogP) is 1.47. The second-order valence-corrected chi connectivity index (χ2v) is 5.74. The summed E-state index contributed by atoms with van der Waals surface area (Å²) in [4.78, 5) is 0. The van der Waals surface area contributed by atoms with Crippen LogP contribution in [0.5, 0.6) is 0 Å². The molecular weight excluding hydrogens is 206 g/mol. The first kappa shape index (κ1) is 12.4. The zero-order valence-corrected chi connectivity index (χ0v) is 10.9. The quantitative estimate of drug-likeness (QED) is 0.634. The van der Waals surface area contributed by atoms with E-state index in [4.69, 9.17) is 18.6 Å². The fraction of sp³-hybridized carbons (Fsp3) is 1.00. The third kappa shape index (κ3) is 2.04. The van der Waals surface area contributed by atoms with Gasteiger partial charge in [-0.2, -0.15) is 0 Å². The predicted molar refractivity (Wildman–Crippen MR) is 62.9 cm³/mol. The van der Waals surface area contributed by atoms with Gasteiger partial charge in [0.1, 0.15) is 0 Å². The Kier molecular flexibility index (Phi) is 2.90. The smallest absolute Gasteiger partial charge is 0.408 e. The Bertz CT molecular complexity index is 254. The summed E-state index contributed by atoms with van der Waals surface area (Å²) in [6, 6.07) is 0. The molecule has 0 aliphatic carbocycles. The summed E-state index contributed by atoms with van der Waals surface area (Å²) >= 11 is 0. The van der Waals surface area contributed by atoms with Crippen molar-refractivity contribution in [3.63, 3.8) is 0 Å². The Hall–Kier alpha value is -0.0301. The monoisotopic (exact) mass is 226 g/mol. The molecular formula is C10H20B2O4. The zero-order chi connectivity index (χ0) is 12.1. The zero-order valence-electron chi connectivity index (χ0n) is 10.9. The van der Waals surface area contributed by atoms with Gasteiger partial charge < -0.3 is 18.6 Å². The van der Waals surface area contributed by atoms with E-state index in [0.717, 1.165) is 0 Å². The highest BCUT2D eigenvalue weighted by Crippen LogP contribution is 2.34. The van der Waals surface area contributed by atoms with Crippen LogP contribution < -0.4 is 0 Å². The van der Waals surface area contributed by atoms with Crippen LogP contribution in [0.25, 0.3) is 0 Å². The summed E-state index contributed by atoms with van der Waals surface area (Å²) in [5, 5.41) is 0. The molecule has 2 rings (SSSR count). The molecule has 0 radical (unpaired) electrons. The summed E-state index contributed by atoms with van der Waals surface area (Å²) in [6.07, 6.45) is 0.0902. The molecule has 0 amide bonds. The van der Waals surface area contributed by atoms with Crippen molar-refractivity contribution in [1.29, 1.82) is 0 Å². The number of hydrogen-bond donors (Lipinski definition) is 0. The SMILES string of the molecule is CC1OB(B2O[C@H](C)C(C)(C)O2)OC1(C)C. The van der Waals surface area contributed by atoms with Crippen LogP contribution in [0, 0.1) is 0 Å². The summed E-state index contributed by atoms with van der Waals surface area (Å²) in [7, 11) is -0.844. The minimum absolute atomic E-state index is 0.0451. The Morgan fingerprint density at radius 1 is 0.750 bits per heavy atom. The molecule has 0 N–H and O–H groups in total. The molecule has 2 saturated heterocycles. The second kappa shape index (κ2) is 3.73. The molecule has 90 valence electrons. The van der Waals surface area contributed by atoms with Gasteiger partial charge in [-0.1, -0.05) is 0 Å². The van der Waals surface area contributed by atoms with E-state index in [-0.39, 0.29) is 23.4 Å². The first-order valence-corrected chi connectivity index (χ1v) is 5.89. The molecule has 2 heterocycles. The summed E-state index contributed by atoms with van der Waals surface area (Å²) < 4.78 is 23.1. The maximum absolute atomic E-state index is 5.81. The second-order valence-electron chi connectivity index (χ2n) is 5.74. The fourth-order valence-corrected chi connectivity index (χ4v) is 1.82. The van der Waals surface area contributed by atoms with Crippen LogP contribution >= 0.6 is 0 Å². The van der Waals surface area contributed by atoms with Crippen LogP contribution in [-0.2, 0) is 18.6 Å². The van der Waals surface area contributed by atoms with Crippen molar-refractivity contribution in [2.75, 3.05) is 0 Å². The highest BCUT2D eigenvalue weighted by Gasteiger charge is 2.57. The highest BCUT2D eigenvalue weighted by atomic mass is 16.7. The van der Waals surface area contributed by atoms with Crippen molar-refractivity contribution in [2.24, 2.45) is 0 Å². The Morgan fingerprint density at radius 2 is 1.06 bits per heavy atom. The van der Waals surface area contributed by atoms with Crippen LogP contribution in [0.3, 0.4) is 0 Å². The van der Waals surface area contributed by atoms with E-state index < -0.39 is 14.0 Å². The first-order chi connectivity index (χ1) is 7.22. The van der Waals surface area contributed by atoms with Gasteiger partial charge in [-0.05, 0) is 41.5 Å². The molecule has 2 aliphatic rings. The maximum atomic E-state index is 5.81. The average Bonchev–Trinajstić information content (AvgIpc) is 2.53. The third-order valence-corrected chi connectivity index (χ3v) is 3.70. The van der Waals surface area contributed by atoms with E-state index in [1.54, 1.807) is 0 Å². The molecule has 0 aromatic heterocycles. The van der Waals surface area contributed by atoms with Gasteiger partial charge in [0.05, 0.1) is 23.4 Å². The Morgan fingerprint density at radius 3 is 1.25 bits per heavy atom. The summed E-state index contributed by atoms with van der Waals surface area (Å²) in [5.41, 5.74) is -0.569. The van der Waals surface area contributed by atoms with Gasteiger partial charge in [0.2, 0.25) is 0 Å². The summed E-state index contributed by atoms with van der Waals surface area (Å²) in [6.45, 7) is 12.1. The van der Waals surface area contributed by atoms with Crippen molar-refractivity contribution in [1.82, 2.24) is 0 Å². The molecule has 1 unspecified atom stereocenters. The van der Waals surface area contributed by atoms with Crippen molar-refractivity contribution >= 4 is 14.0 Å². The van der Waals surface area contributed by atoms with Gasteiger partial charge in [0.25, 0.3) is 0 Å².